The van der Waals surface area contributed by atoms with Crippen LogP contribution in [0.5, 0.6) is 5.75 Å². The Morgan fingerprint density at radius 2 is 2.08 bits per heavy atom. The van der Waals surface area contributed by atoms with E-state index in [1.165, 1.54) is 0 Å². The molecule has 40 heavy (non-hydrogen) atoms. The Morgan fingerprint density at radius 1 is 1.20 bits per heavy atom. The van der Waals surface area contributed by atoms with Gasteiger partial charge in [-0.3, -0.25) is 19.2 Å². The highest BCUT2D eigenvalue weighted by atomic mass is 16.5. The largest absolute Gasteiger partial charge is 0.493 e. The second-order valence-electron chi connectivity index (χ2n) is 10.8. The monoisotopic (exact) mass is 545 g/mol. The highest BCUT2D eigenvalue weighted by Crippen LogP contribution is 2.41. The first kappa shape index (κ1) is 27.9. The number of amides is 1. The molecular formula is C31H39N5O4. The molecule has 0 radical (unpaired) electrons. The van der Waals surface area contributed by atoms with Crippen LogP contribution in [0.3, 0.4) is 0 Å². The fraction of sp³-hybridized carbons (Fsp3) is 0.452. The van der Waals surface area contributed by atoms with E-state index in [1.807, 2.05) is 58.2 Å². The van der Waals surface area contributed by atoms with Crippen LogP contribution in [0.25, 0.3) is 0 Å². The summed E-state index contributed by atoms with van der Waals surface area (Å²) in [5.74, 6) is -0.862. The molecule has 0 spiro atoms. The van der Waals surface area contributed by atoms with E-state index in [1.54, 1.807) is 6.20 Å². The zero-order valence-electron chi connectivity index (χ0n) is 23.1. The highest BCUT2D eigenvalue weighted by Gasteiger charge is 2.47. The predicted octanol–water partition coefficient (Wildman–Crippen LogP) is 3.67. The van der Waals surface area contributed by atoms with Crippen molar-refractivity contribution >= 4 is 17.6 Å². The van der Waals surface area contributed by atoms with Gasteiger partial charge in [-0.15, -0.1) is 0 Å². The number of hydrogen-bond donors (Lipinski definition) is 2. The van der Waals surface area contributed by atoms with Gasteiger partial charge in [-0.25, -0.2) is 0 Å². The number of carbonyl (C=O) groups excluding carboxylic acids is 1. The van der Waals surface area contributed by atoms with Gasteiger partial charge in [0.1, 0.15) is 5.75 Å². The second-order valence-corrected chi connectivity index (χ2v) is 10.8. The van der Waals surface area contributed by atoms with Crippen LogP contribution in [0, 0.1) is 5.92 Å². The Hall–Kier alpha value is -3.69. The molecule has 1 fully saturated rings. The van der Waals surface area contributed by atoms with E-state index >= 15 is 0 Å². The molecule has 9 heteroatoms. The standard InChI is InChI=1S/C31H39N5O4/c1-2-3-14-36(25-7-4-6-22(17-25)19-32)29(37)21-34-20-26(23-8-9-28-24(18-23)11-16-40-28)30(31(38)39)27(34)10-15-35-13-5-12-33-35/h4-9,12-13,17-18,26-27,30H,2-3,10-11,14-16,19-21,32H2,1H3,(H,38,39)/t26-,27+,30?/m1/s1. The zero-order valence-corrected chi connectivity index (χ0v) is 23.1. The molecule has 0 saturated carbocycles. The van der Waals surface area contributed by atoms with Gasteiger partial charge in [-0.2, -0.15) is 5.10 Å². The number of carbonyl (C=O) groups is 2. The van der Waals surface area contributed by atoms with E-state index in [2.05, 4.69) is 23.0 Å². The number of anilines is 1. The van der Waals surface area contributed by atoms with Crippen molar-refractivity contribution in [2.24, 2.45) is 11.7 Å². The van der Waals surface area contributed by atoms with Crippen LogP contribution in [0.2, 0.25) is 0 Å². The fourth-order valence-electron chi connectivity index (χ4n) is 6.15. The molecule has 3 heterocycles. The number of aryl methyl sites for hydroxylation is 1. The van der Waals surface area contributed by atoms with Gasteiger partial charge >= 0.3 is 5.97 Å². The Kier molecular flexibility index (Phi) is 8.81. The first-order chi connectivity index (χ1) is 19.5. The summed E-state index contributed by atoms with van der Waals surface area (Å²) < 4.78 is 7.51. The van der Waals surface area contributed by atoms with Crippen molar-refractivity contribution in [3.8, 4) is 5.75 Å². The van der Waals surface area contributed by atoms with Gasteiger partial charge in [-0.1, -0.05) is 37.6 Å². The minimum atomic E-state index is -0.833. The molecule has 5 rings (SSSR count). The molecular weight excluding hydrogens is 506 g/mol. The first-order valence-electron chi connectivity index (χ1n) is 14.3. The number of aromatic nitrogens is 2. The van der Waals surface area contributed by atoms with E-state index in [4.69, 9.17) is 10.5 Å². The number of ether oxygens (including phenoxy) is 1. The second kappa shape index (κ2) is 12.7. The number of carboxylic acid groups (broad SMARTS) is 1. The van der Waals surface area contributed by atoms with E-state index in [-0.39, 0.29) is 24.4 Å². The Labute approximate surface area is 235 Å². The van der Waals surface area contributed by atoms with E-state index in [0.29, 0.717) is 39.2 Å². The maximum absolute atomic E-state index is 13.9. The molecule has 1 saturated heterocycles. The molecule has 9 nitrogen and oxygen atoms in total. The summed E-state index contributed by atoms with van der Waals surface area (Å²) in [6, 6.07) is 15.4. The van der Waals surface area contributed by atoms with Crippen molar-refractivity contribution in [2.75, 3.05) is 31.1 Å². The topological polar surface area (TPSA) is 114 Å². The van der Waals surface area contributed by atoms with Gasteiger partial charge in [-0.05, 0) is 53.8 Å². The van der Waals surface area contributed by atoms with Gasteiger partial charge < -0.3 is 20.5 Å². The van der Waals surface area contributed by atoms with Crippen molar-refractivity contribution in [2.45, 2.75) is 57.7 Å². The third-order valence-electron chi connectivity index (χ3n) is 8.22. The Balaban J connectivity index is 1.43. The summed E-state index contributed by atoms with van der Waals surface area (Å²) in [6.07, 6.45) is 6.85. The molecule has 0 bridgehead atoms. The Bertz CT molecular complexity index is 1310. The maximum atomic E-state index is 13.9. The average Bonchev–Trinajstić information content (AvgIpc) is 3.72. The van der Waals surface area contributed by atoms with Crippen LogP contribution in [0.1, 0.15) is 48.8 Å². The third kappa shape index (κ3) is 6.05. The maximum Gasteiger partial charge on any atom is 0.308 e. The summed E-state index contributed by atoms with van der Waals surface area (Å²) >= 11 is 0. The van der Waals surface area contributed by atoms with Crippen LogP contribution >= 0.6 is 0 Å². The molecule has 1 aromatic heterocycles. The molecule has 3 N–H and O–H groups in total. The highest BCUT2D eigenvalue weighted by molar-refractivity contribution is 5.95. The van der Waals surface area contributed by atoms with Crippen LogP contribution < -0.4 is 15.4 Å². The molecule has 2 aliphatic heterocycles. The summed E-state index contributed by atoms with van der Waals surface area (Å²) in [5.41, 5.74) is 9.80. The molecule has 1 amide bonds. The van der Waals surface area contributed by atoms with Crippen molar-refractivity contribution in [1.29, 1.82) is 0 Å². The van der Waals surface area contributed by atoms with E-state index in [9.17, 15) is 14.7 Å². The van der Waals surface area contributed by atoms with Gasteiger partial charge in [0.2, 0.25) is 5.91 Å². The van der Waals surface area contributed by atoms with Crippen molar-refractivity contribution in [1.82, 2.24) is 14.7 Å². The van der Waals surface area contributed by atoms with E-state index in [0.717, 1.165) is 47.4 Å². The van der Waals surface area contributed by atoms with Gasteiger partial charge in [0.25, 0.3) is 0 Å². The van der Waals surface area contributed by atoms with Crippen LogP contribution in [0.4, 0.5) is 5.69 Å². The average molecular weight is 546 g/mol. The lowest BCUT2D eigenvalue weighted by Crippen LogP contribution is -2.45. The third-order valence-corrected chi connectivity index (χ3v) is 8.22. The molecule has 2 aromatic carbocycles. The number of nitrogens with two attached hydrogens (primary N) is 1. The van der Waals surface area contributed by atoms with Gasteiger partial charge in [0, 0.05) is 62.6 Å². The van der Waals surface area contributed by atoms with Crippen LogP contribution in [0.15, 0.2) is 60.9 Å². The minimum Gasteiger partial charge on any atom is -0.493 e. The van der Waals surface area contributed by atoms with Crippen LogP contribution in [-0.4, -0.2) is 63.9 Å². The molecule has 1 unspecified atom stereocenters. The lowest BCUT2D eigenvalue weighted by atomic mass is 9.83. The molecule has 0 aliphatic carbocycles. The van der Waals surface area contributed by atoms with Crippen molar-refractivity contribution in [3.63, 3.8) is 0 Å². The first-order valence-corrected chi connectivity index (χ1v) is 14.3. The number of unbranched alkanes of at least 4 members (excludes halogenated alkanes) is 1. The summed E-state index contributed by atoms with van der Waals surface area (Å²) in [5, 5.41) is 14.8. The predicted molar refractivity (Wildman–Crippen MR) is 153 cm³/mol. The number of aliphatic carboxylic acids is 1. The number of fused-ring (bicyclic) bond motifs is 1. The SMILES string of the molecule is CCCCN(C(=O)CN1C[C@H](c2ccc3c(c2)CCO3)C(C(=O)O)[C@@H]1CCn1cccn1)c1cccc(CN)c1. The van der Waals surface area contributed by atoms with E-state index < -0.39 is 11.9 Å². The molecule has 3 aromatic rings. The van der Waals surface area contributed by atoms with Crippen molar-refractivity contribution in [3.05, 3.63) is 77.6 Å². The smallest absolute Gasteiger partial charge is 0.308 e. The number of nitrogens with zero attached hydrogens (tertiary/aromatic N) is 4. The number of benzene rings is 2. The summed E-state index contributed by atoms with van der Waals surface area (Å²) in [6.45, 7) is 4.98. The molecule has 3 atom stereocenters. The lowest BCUT2D eigenvalue weighted by molar-refractivity contribution is -0.143. The van der Waals surface area contributed by atoms with Gasteiger partial charge in [0.05, 0.1) is 19.1 Å². The minimum absolute atomic E-state index is 0.0288. The summed E-state index contributed by atoms with van der Waals surface area (Å²) in [7, 11) is 0. The lowest BCUT2D eigenvalue weighted by Gasteiger charge is -2.30. The zero-order chi connectivity index (χ0) is 28.1. The van der Waals surface area contributed by atoms with Crippen LogP contribution in [-0.2, 0) is 29.1 Å². The number of carboxylic acids is 1. The van der Waals surface area contributed by atoms with Gasteiger partial charge in [0.15, 0.2) is 0 Å². The van der Waals surface area contributed by atoms with Crippen molar-refractivity contribution < 1.29 is 19.4 Å². The quantitative estimate of drug-likeness (QED) is 0.357. The summed E-state index contributed by atoms with van der Waals surface area (Å²) in [4.78, 5) is 30.7. The number of likely N-dealkylation sites (tertiary alicyclic amines) is 1. The fourth-order valence-corrected chi connectivity index (χ4v) is 6.15. The Morgan fingerprint density at radius 3 is 2.83 bits per heavy atom. The normalized spacial score (nSPS) is 20.3. The molecule has 2 aliphatic rings. The molecule has 212 valence electrons. The number of rotatable bonds is 12. The number of hydrogen-bond acceptors (Lipinski definition) is 6.